The maximum Gasteiger partial charge on any atom is 0.163 e. The summed E-state index contributed by atoms with van der Waals surface area (Å²) in [6.45, 7) is 3.11. The van der Waals surface area contributed by atoms with Crippen LogP contribution < -0.4 is 9.47 Å². The zero-order valence-electron chi connectivity index (χ0n) is 10.2. The molecule has 1 N–H and O–H groups in total. The summed E-state index contributed by atoms with van der Waals surface area (Å²) in [5.41, 5.74) is 1.76. The smallest absolute Gasteiger partial charge is 0.163 e. The minimum Gasteiger partial charge on any atom is -0.493 e. The number of rotatable bonds is 5. The lowest BCUT2D eigenvalue weighted by Crippen LogP contribution is -1.93. The topological polar surface area (TPSA) is 56.4 Å². The van der Waals surface area contributed by atoms with Gasteiger partial charge in [-0.25, -0.2) is 4.98 Å². The number of ether oxygens (including phenoxy) is 3. The fourth-order valence-corrected chi connectivity index (χ4v) is 1.66. The molecule has 0 aliphatic rings. The van der Waals surface area contributed by atoms with Crippen LogP contribution in [-0.4, -0.2) is 30.8 Å². The van der Waals surface area contributed by atoms with Crippen LogP contribution >= 0.6 is 0 Å². The SMILES string of the molecule is CCOCc1nc2cc(OC)c(OC)cc2[nH]1. The molecule has 0 radical (unpaired) electrons. The lowest BCUT2D eigenvalue weighted by atomic mass is 10.3. The van der Waals surface area contributed by atoms with Crippen molar-refractivity contribution in [2.24, 2.45) is 0 Å². The van der Waals surface area contributed by atoms with Gasteiger partial charge in [0.2, 0.25) is 0 Å². The van der Waals surface area contributed by atoms with Crippen molar-refractivity contribution in [3.63, 3.8) is 0 Å². The maximum atomic E-state index is 5.31. The number of fused-ring (bicyclic) bond motifs is 1. The van der Waals surface area contributed by atoms with Crippen LogP contribution in [0, 0.1) is 0 Å². The molecular formula is C12H16N2O3. The highest BCUT2D eigenvalue weighted by atomic mass is 16.5. The molecule has 0 aliphatic heterocycles. The molecule has 2 aromatic rings. The van der Waals surface area contributed by atoms with Gasteiger partial charge in [0.25, 0.3) is 0 Å². The molecule has 0 aliphatic carbocycles. The molecule has 92 valence electrons. The molecule has 0 saturated heterocycles. The minimum atomic E-state index is 0.482. The first kappa shape index (κ1) is 11.7. The zero-order chi connectivity index (χ0) is 12.3. The van der Waals surface area contributed by atoms with E-state index in [2.05, 4.69) is 9.97 Å². The average Bonchev–Trinajstić information content (AvgIpc) is 2.76. The third kappa shape index (κ3) is 2.34. The van der Waals surface area contributed by atoms with E-state index < -0.39 is 0 Å². The quantitative estimate of drug-likeness (QED) is 0.863. The van der Waals surface area contributed by atoms with Gasteiger partial charge in [-0.1, -0.05) is 0 Å². The van der Waals surface area contributed by atoms with Crippen molar-refractivity contribution in [1.29, 1.82) is 0 Å². The molecule has 0 unspecified atom stereocenters. The van der Waals surface area contributed by atoms with Crippen molar-refractivity contribution in [2.45, 2.75) is 13.5 Å². The molecule has 0 spiro atoms. The number of nitrogens with one attached hydrogen (secondary N) is 1. The van der Waals surface area contributed by atoms with Crippen LogP contribution in [0.5, 0.6) is 11.5 Å². The van der Waals surface area contributed by atoms with Gasteiger partial charge in [-0.2, -0.15) is 0 Å². The van der Waals surface area contributed by atoms with E-state index in [0.29, 0.717) is 24.7 Å². The molecule has 5 heteroatoms. The Bertz CT molecular complexity index is 467. The monoisotopic (exact) mass is 236 g/mol. The third-order valence-corrected chi connectivity index (χ3v) is 2.48. The fourth-order valence-electron chi connectivity index (χ4n) is 1.66. The maximum absolute atomic E-state index is 5.31. The Kier molecular flexibility index (Phi) is 3.49. The van der Waals surface area contributed by atoms with Gasteiger partial charge in [-0.3, -0.25) is 0 Å². The van der Waals surface area contributed by atoms with Crippen LogP contribution in [0.2, 0.25) is 0 Å². The van der Waals surface area contributed by atoms with Gasteiger partial charge in [0.15, 0.2) is 11.5 Å². The normalized spacial score (nSPS) is 10.8. The van der Waals surface area contributed by atoms with Crippen molar-refractivity contribution < 1.29 is 14.2 Å². The van der Waals surface area contributed by atoms with Gasteiger partial charge >= 0.3 is 0 Å². The highest BCUT2D eigenvalue weighted by molar-refractivity contribution is 5.79. The van der Waals surface area contributed by atoms with Crippen LogP contribution in [0.4, 0.5) is 0 Å². The van der Waals surface area contributed by atoms with Crippen molar-refractivity contribution in [1.82, 2.24) is 9.97 Å². The summed E-state index contributed by atoms with van der Waals surface area (Å²) >= 11 is 0. The first-order chi connectivity index (χ1) is 8.28. The van der Waals surface area contributed by atoms with Crippen molar-refractivity contribution in [2.75, 3.05) is 20.8 Å². The molecule has 17 heavy (non-hydrogen) atoms. The standard InChI is InChI=1S/C12H16N2O3/c1-4-17-7-12-13-8-5-10(15-2)11(16-3)6-9(8)14-12/h5-6H,4,7H2,1-3H3,(H,13,14). The average molecular weight is 236 g/mol. The highest BCUT2D eigenvalue weighted by Crippen LogP contribution is 2.30. The first-order valence-corrected chi connectivity index (χ1v) is 5.46. The van der Waals surface area contributed by atoms with Crippen molar-refractivity contribution >= 4 is 11.0 Å². The Labute approximate surface area is 99.7 Å². The van der Waals surface area contributed by atoms with E-state index in [1.165, 1.54) is 0 Å². The third-order valence-electron chi connectivity index (χ3n) is 2.48. The summed E-state index contributed by atoms with van der Waals surface area (Å²) in [7, 11) is 3.22. The van der Waals surface area contributed by atoms with Crippen LogP contribution in [-0.2, 0) is 11.3 Å². The second kappa shape index (κ2) is 5.05. The van der Waals surface area contributed by atoms with Gasteiger partial charge in [-0.05, 0) is 6.92 Å². The molecule has 1 heterocycles. The minimum absolute atomic E-state index is 0.482. The van der Waals surface area contributed by atoms with Gasteiger partial charge < -0.3 is 19.2 Å². The number of hydrogen-bond acceptors (Lipinski definition) is 4. The van der Waals surface area contributed by atoms with Crippen LogP contribution in [0.25, 0.3) is 11.0 Å². The second-order valence-corrected chi connectivity index (χ2v) is 3.54. The number of nitrogens with zero attached hydrogens (tertiary/aromatic N) is 1. The molecule has 0 bridgehead atoms. The molecule has 0 saturated carbocycles. The van der Waals surface area contributed by atoms with E-state index in [1.807, 2.05) is 19.1 Å². The lowest BCUT2D eigenvalue weighted by molar-refractivity contribution is 0.129. The molecule has 1 aromatic carbocycles. The number of imidazole rings is 1. The predicted molar refractivity (Wildman–Crippen MR) is 64.5 cm³/mol. The number of benzene rings is 1. The summed E-state index contributed by atoms with van der Waals surface area (Å²) in [6, 6.07) is 3.72. The molecule has 0 fully saturated rings. The predicted octanol–water partition coefficient (Wildman–Crippen LogP) is 2.12. The van der Waals surface area contributed by atoms with Gasteiger partial charge in [0.1, 0.15) is 12.4 Å². The summed E-state index contributed by atoms with van der Waals surface area (Å²) in [6.07, 6.45) is 0. The van der Waals surface area contributed by atoms with Crippen LogP contribution in [0.15, 0.2) is 12.1 Å². The van der Waals surface area contributed by atoms with Crippen LogP contribution in [0.1, 0.15) is 12.7 Å². The number of aromatic nitrogens is 2. The number of H-pyrrole nitrogens is 1. The Balaban J connectivity index is 2.39. The summed E-state index contributed by atoms with van der Waals surface area (Å²) in [5, 5.41) is 0. The lowest BCUT2D eigenvalue weighted by Gasteiger charge is -2.06. The molecule has 0 atom stereocenters. The number of hydrogen-bond donors (Lipinski definition) is 1. The van der Waals surface area contributed by atoms with E-state index in [4.69, 9.17) is 14.2 Å². The van der Waals surface area contributed by atoms with Crippen LogP contribution in [0.3, 0.4) is 0 Å². The Morgan fingerprint density at radius 1 is 1.18 bits per heavy atom. The van der Waals surface area contributed by atoms with Gasteiger partial charge in [-0.15, -0.1) is 0 Å². The van der Waals surface area contributed by atoms with E-state index in [0.717, 1.165) is 16.9 Å². The van der Waals surface area contributed by atoms with Crippen molar-refractivity contribution in [3.05, 3.63) is 18.0 Å². The molecule has 5 nitrogen and oxygen atoms in total. The second-order valence-electron chi connectivity index (χ2n) is 3.54. The largest absolute Gasteiger partial charge is 0.493 e. The first-order valence-electron chi connectivity index (χ1n) is 5.46. The fraction of sp³-hybridized carbons (Fsp3) is 0.417. The molecule has 1 aromatic heterocycles. The molecule has 0 amide bonds. The Morgan fingerprint density at radius 2 is 1.88 bits per heavy atom. The Morgan fingerprint density at radius 3 is 2.53 bits per heavy atom. The number of methoxy groups -OCH3 is 2. The zero-order valence-corrected chi connectivity index (χ0v) is 10.2. The summed E-state index contributed by atoms with van der Waals surface area (Å²) in [4.78, 5) is 7.60. The van der Waals surface area contributed by atoms with E-state index in [1.54, 1.807) is 14.2 Å². The Hall–Kier alpha value is -1.75. The number of aromatic amines is 1. The summed E-state index contributed by atoms with van der Waals surface area (Å²) < 4.78 is 15.8. The van der Waals surface area contributed by atoms with Crippen molar-refractivity contribution in [3.8, 4) is 11.5 Å². The molecule has 2 rings (SSSR count). The molecular weight excluding hydrogens is 220 g/mol. The van der Waals surface area contributed by atoms with E-state index in [-0.39, 0.29) is 0 Å². The summed E-state index contributed by atoms with van der Waals surface area (Å²) in [5.74, 6) is 2.17. The van der Waals surface area contributed by atoms with Gasteiger partial charge in [0.05, 0.1) is 25.3 Å². The van der Waals surface area contributed by atoms with E-state index >= 15 is 0 Å². The van der Waals surface area contributed by atoms with Gasteiger partial charge in [0, 0.05) is 18.7 Å². The van der Waals surface area contributed by atoms with E-state index in [9.17, 15) is 0 Å². The highest BCUT2D eigenvalue weighted by Gasteiger charge is 2.09.